The van der Waals surface area contributed by atoms with Crippen LogP contribution in [0.2, 0.25) is 0 Å². The molecule has 84 valence electrons. The molecule has 3 nitrogen and oxygen atoms in total. The Morgan fingerprint density at radius 3 is 2.43 bits per heavy atom. The molecule has 0 aromatic rings. The van der Waals surface area contributed by atoms with Crippen LogP contribution in [0.3, 0.4) is 0 Å². The molecule has 1 atom stereocenters. The fraction of sp³-hybridized carbons (Fsp3) is 0.909. The average molecular weight is 200 g/mol. The summed E-state index contributed by atoms with van der Waals surface area (Å²) in [6, 6.07) is 0.225. The predicted octanol–water partition coefficient (Wildman–Crippen LogP) is 2.52. The molecule has 0 spiro atoms. The van der Waals surface area contributed by atoms with Crippen molar-refractivity contribution in [3.05, 3.63) is 0 Å². The highest BCUT2D eigenvalue weighted by Gasteiger charge is 2.07. The molecule has 0 bridgehead atoms. The molecule has 0 aromatic carbocycles. The zero-order valence-electron chi connectivity index (χ0n) is 9.89. The van der Waals surface area contributed by atoms with Gasteiger partial charge in [-0.25, -0.2) is 4.79 Å². The molecule has 0 fully saturated rings. The van der Waals surface area contributed by atoms with Gasteiger partial charge in [-0.1, -0.05) is 27.2 Å². The van der Waals surface area contributed by atoms with Crippen LogP contribution in [0.1, 0.15) is 47.0 Å². The Balaban J connectivity index is 3.50. The van der Waals surface area contributed by atoms with E-state index < -0.39 is 0 Å². The van der Waals surface area contributed by atoms with Gasteiger partial charge in [0.2, 0.25) is 0 Å². The van der Waals surface area contributed by atoms with Crippen LogP contribution in [0.5, 0.6) is 0 Å². The van der Waals surface area contributed by atoms with Crippen molar-refractivity contribution >= 4 is 6.03 Å². The molecule has 2 N–H and O–H groups in total. The van der Waals surface area contributed by atoms with Gasteiger partial charge in [0, 0.05) is 12.6 Å². The average Bonchev–Trinajstić information content (AvgIpc) is 2.02. The van der Waals surface area contributed by atoms with Crippen molar-refractivity contribution in [2.24, 2.45) is 5.92 Å². The van der Waals surface area contributed by atoms with Crippen LogP contribution in [0.25, 0.3) is 0 Å². The van der Waals surface area contributed by atoms with Gasteiger partial charge in [0.25, 0.3) is 0 Å². The Hall–Kier alpha value is -0.730. The van der Waals surface area contributed by atoms with E-state index in [0.29, 0.717) is 5.92 Å². The van der Waals surface area contributed by atoms with E-state index in [0.717, 1.165) is 25.8 Å². The number of amides is 2. The Bertz CT molecular complexity index is 157. The number of carbonyl (C=O) groups is 1. The topological polar surface area (TPSA) is 41.1 Å². The third-order valence-corrected chi connectivity index (χ3v) is 2.02. The van der Waals surface area contributed by atoms with Crippen LogP contribution >= 0.6 is 0 Å². The first-order valence-electron chi connectivity index (χ1n) is 5.60. The van der Waals surface area contributed by atoms with E-state index in [4.69, 9.17) is 0 Å². The quantitative estimate of drug-likeness (QED) is 0.636. The Morgan fingerprint density at radius 2 is 1.93 bits per heavy atom. The van der Waals surface area contributed by atoms with E-state index >= 15 is 0 Å². The number of unbranched alkanes of at least 4 members (excludes halogenated alkanes) is 1. The van der Waals surface area contributed by atoms with Gasteiger partial charge in [0.05, 0.1) is 0 Å². The fourth-order valence-electron chi connectivity index (χ4n) is 1.42. The van der Waals surface area contributed by atoms with Gasteiger partial charge in [-0.15, -0.1) is 0 Å². The number of hydrogen-bond donors (Lipinski definition) is 2. The van der Waals surface area contributed by atoms with Crippen LogP contribution in [0.4, 0.5) is 4.79 Å². The van der Waals surface area contributed by atoms with E-state index in [9.17, 15) is 4.79 Å². The molecule has 0 saturated carbocycles. The first-order chi connectivity index (χ1) is 6.56. The summed E-state index contributed by atoms with van der Waals surface area (Å²) in [6.45, 7) is 9.25. The first kappa shape index (κ1) is 13.3. The van der Waals surface area contributed by atoms with Gasteiger partial charge in [-0.3, -0.25) is 0 Å². The van der Waals surface area contributed by atoms with E-state index in [1.165, 1.54) is 0 Å². The lowest BCUT2D eigenvalue weighted by molar-refractivity contribution is 0.236. The second-order valence-electron chi connectivity index (χ2n) is 4.28. The lowest BCUT2D eigenvalue weighted by Crippen LogP contribution is -2.41. The van der Waals surface area contributed by atoms with E-state index in [1.54, 1.807) is 0 Å². The third kappa shape index (κ3) is 7.90. The molecule has 0 aliphatic carbocycles. The van der Waals surface area contributed by atoms with Crippen LogP contribution < -0.4 is 10.6 Å². The number of hydrogen-bond acceptors (Lipinski definition) is 1. The smallest absolute Gasteiger partial charge is 0.314 e. The zero-order valence-corrected chi connectivity index (χ0v) is 9.89. The summed E-state index contributed by atoms with van der Waals surface area (Å²) in [4.78, 5) is 11.3. The molecule has 0 rings (SSSR count). The molecular formula is C11H24N2O. The van der Waals surface area contributed by atoms with Crippen molar-refractivity contribution in [1.29, 1.82) is 0 Å². The second-order valence-corrected chi connectivity index (χ2v) is 4.28. The number of rotatable bonds is 6. The van der Waals surface area contributed by atoms with Gasteiger partial charge in [-0.2, -0.15) is 0 Å². The minimum Gasteiger partial charge on any atom is -0.338 e. The Morgan fingerprint density at radius 1 is 1.29 bits per heavy atom. The molecule has 0 saturated heterocycles. The van der Waals surface area contributed by atoms with Crippen molar-refractivity contribution in [1.82, 2.24) is 10.6 Å². The largest absolute Gasteiger partial charge is 0.338 e. The number of carbonyl (C=O) groups excluding carboxylic acids is 1. The van der Waals surface area contributed by atoms with Gasteiger partial charge in [-0.05, 0) is 25.7 Å². The molecule has 0 aliphatic heterocycles. The monoisotopic (exact) mass is 200 g/mol. The maximum Gasteiger partial charge on any atom is 0.314 e. The van der Waals surface area contributed by atoms with Crippen LogP contribution in [0.15, 0.2) is 0 Å². The minimum absolute atomic E-state index is 0.0356. The summed E-state index contributed by atoms with van der Waals surface area (Å²) in [7, 11) is 0. The second kappa shape index (κ2) is 7.65. The summed E-state index contributed by atoms with van der Waals surface area (Å²) in [5, 5.41) is 5.76. The van der Waals surface area contributed by atoms with Gasteiger partial charge < -0.3 is 10.6 Å². The van der Waals surface area contributed by atoms with Gasteiger partial charge in [0.15, 0.2) is 0 Å². The summed E-state index contributed by atoms with van der Waals surface area (Å²) >= 11 is 0. The third-order valence-electron chi connectivity index (χ3n) is 2.02. The van der Waals surface area contributed by atoms with E-state index in [-0.39, 0.29) is 12.1 Å². The SMILES string of the molecule is CCCCNC(=O)NC(C)CC(C)C. The minimum atomic E-state index is -0.0356. The standard InChI is InChI=1S/C11H24N2O/c1-5-6-7-12-11(14)13-10(4)8-9(2)3/h9-10H,5-8H2,1-4H3,(H2,12,13,14). The maximum atomic E-state index is 11.3. The lowest BCUT2D eigenvalue weighted by atomic mass is 10.1. The molecular weight excluding hydrogens is 176 g/mol. The Labute approximate surface area is 87.6 Å². The molecule has 0 heterocycles. The summed E-state index contributed by atoms with van der Waals surface area (Å²) in [5.74, 6) is 0.626. The molecule has 0 aromatic heterocycles. The molecule has 2 amide bonds. The Kier molecular flexibility index (Phi) is 7.25. The highest BCUT2D eigenvalue weighted by atomic mass is 16.2. The van der Waals surface area contributed by atoms with Crippen molar-refractivity contribution in [3.63, 3.8) is 0 Å². The zero-order chi connectivity index (χ0) is 11.0. The van der Waals surface area contributed by atoms with Crippen LogP contribution in [0, 0.1) is 5.92 Å². The van der Waals surface area contributed by atoms with E-state index in [1.807, 2.05) is 6.92 Å². The molecule has 14 heavy (non-hydrogen) atoms. The van der Waals surface area contributed by atoms with Crippen molar-refractivity contribution in [3.8, 4) is 0 Å². The van der Waals surface area contributed by atoms with Crippen molar-refractivity contribution < 1.29 is 4.79 Å². The normalized spacial score (nSPS) is 12.6. The maximum absolute atomic E-state index is 11.3. The highest BCUT2D eigenvalue weighted by Crippen LogP contribution is 2.03. The van der Waals surface area contributed by atoms with Crippen molar-refractivity contribution in [2.75, 3.05) is 6.54 Å². The lowest BCUT2D eigenvalue weighted by Gasteiger charge is -2.16. The first-order valence-corrected chi connectivity index (χ1v) is 5.60. The summed E-state index contributed by atoms with van der Waals surface area (Å²) in [5.41, 5.74) is 0. The molecule has 0 aliphatic rings. The summed E-state index contributed by atoms with van der Waals surface area (Å²) in [6.07, 6.45) is 3.19. The van der Waals surface area contributed by atoms with Crippen LogP contribution in [-0.2, 0) is 0 Å². The molecule has 1 unspecified atom stereocenters. The molecule has 0 radical (unpaired) electrons. The highest BCUT2D eigenvalue weighted by molar-refractivity contribution is 5.74. The number of nitrogens with one attached hydrogen (secondary N) is 2. The van der Waals surface area contributed by atoms with Crippen LogP contribution in [-0.4, -0.2) is 18.6 Å². The number of urea groups is 1. The predicted molar refractivity (Wildman–Crippen MR) is 60.4 cm³/mol. The fourth-order valence-corrected chi connectivity index (χ4v) is 1.42. The van der Waals surface area contributed by atoms with Gasteiger partial charge >= 0.3 is 6.03 Å². The summed E-state index contributed by atoms with van der Waals surface area (Å²) < 4.78 is 0. The van der Waals surface area contributed by atoms with Gasteiger partial charge in [0.1, 0.15) is 0 Å². The van der Waals surface area contributed by atoms with Crippen molar-refractivity contribution in [2.45, 2.75) is 53.0 Å². The van der Waals surface area contributed by atoms with E-state index in [2.05, 4.69) is 31.4 Å². The molecule has 3 heteroatoms.